The number of carbonyl (C=O) groups is 1. The molecule has 3 rings (SSSR count). The predicted octanol–water partition coefficient (Wildman–Crippen LogP) is 0.681. The van der Waals surface area contributed by atoms with Crippen LogP contribution < -0.4 is 20.3 Å². The van der Waals surface area contributed by atoms with Crippen LogP contribution >= 0.6 is 0 Å². The van der Waals surface area contributed by atoms with Gasteiger partial charge in [-0.2, -0.15) is 0 Å². The number of aromatic nitrogens is 2. The zero-order valence-corrected chi connectivity index (χ0v) is 11.3. The van der Waals surface area contributed by atoms with Gasteiger partial charge in [0.05, 0.1) is 12.2 Å². The highest BCUT2D eigenvalue weighted by atomic mass is 16.7. The quantitative estimate of drug-likeness (QED) is 0.754. The summed E-state index contributed by atoms with van der Waals surface area (Å²) in [5, 5.41) is 7.85. The van der Waals surface area contributed by atoms with E-state index in [0.29, 0.717) is 25.1 Å². The van der Waals surface area contributed by atoms with Gasteiger partial charge in [0.2, 0.25) is 12.7 Å². The number of aromatic amines is 2. The monoisotopic (exact) mass is 289 g/mol. The molecule has 0 bridgehead atoms. The minimum absolute atomic E-state index is 0.0743. The molecule has 1 amide bonds. The summed E-state index contributed by atoms with van der Waals surface area (Å²) >= 11 is 0. The van der Waals surface area contributed by atoms with Gasteiger partial charge < -0.3 is 19.9 Å². The first-order valence-corrected chi connectivity index (χ1v) is 6.62. The number of H-pyrrole nitrogens is 2. The molecule has 3 N–H and O–H groups in total. The Labute approximate surface area is 120 Å². The van der Waals surface area contributed by atoms with Crippen LogP contribution in [0.5, 0.6) is 11.5 Å². The Hall–Kier alpha value is -2.70. The third-order valence-corrected chi connectivity index (χ3v) is 3.21. The van der Waals surface area contributed by atoms with Gasteiger partial charge in [-0.3, -0.25) is 14.7 Å². The molecule has 0 aliphatic carbocycles. The van der Waals surface area contributed by atoms with Crippen LogP contribution in [0.15, 0.2) is 29.1 Å². The molecular formula is C14H15N3O4. The second kappa shape index (κ2) is 5.74. The topological polar surface area (TPSA) is 96.2 Å². The Kier molecular flexibility index (Phi) is 3.63. The molecule has 0 saturated carbocycles. The maximum atomic E-state index is 11.8. The summed E-state index contributed by atoms with van der Waals surface area (Å²) < 4.78 is 10.5. The number of nitrogens with one attached hydrogen (secondary N) is 3. The summed E-state index contributed by atoms with van der Waals surface area (Å²) in [7, 11) is 0. The van der Waals surface area contributed by atoms with Crippen molar-refractivity contribution >= 4 is 5.91 Å². The number of amides is 1. The lowest BCUT2D eigenvalue weighted by atomic mass is 10.1. The van der Waals surface area contributed by atoms with Crippen molar-refractivity contribution in [1.82, 2.24) is 15.5 Å². The molecule has 0 fully saturated rings. The van der Waals surface area contributed by atoms with E-state index in [2.05, 4.69) is 15.5 Å². The first-order valence-electron chi connectivity index (χ1n) is 6.62. The van der Waals surface area contributed by atoms with Crippen LogP contribution in [0.4, 0.5) is 0 Å². The minimum Gasteiger partial charge on any atom is -0.454 e. The van der Waals surface area contributed by atoms with Crippen LogP contribution in [0, 0.1) is 0 Å². The van der Waals surface area contributed by atoms with Crippen molar-refractivity contribution in [3.63, 3.8) is 0 Å². The van der Waals surface area contributed by atoms with Gasteiger partial charge in [0.15, 0.2) is 11.5 Å². The van der Waals surface area contributed by atoms with Crippen LogP contribution in [0.1, 0.15) is 17.7 Å². The van der Waals surface area contributed by atoms with Gasteiger partial charge in [-0.25, -0.2) is 0 Å². The summed E-state index contributed by atoms with van der Waals surface area (Å²) in [4.78, 5) is 22.7. The molecule has 0 spiro atoms. The highest BCUT2D eigenvalue weighted by Gasteiger charge is 2.13. The predicted molar refractivity (Wildman–Crippen MR) is 74.1 cm³/mol. The lowest BCUT2D eigenvalue weighted by Crippen LogP contribution is -2.23. The molecule has 0 unspecified atom stereocenters. The molecule has 1 aromatic carbocycles. The Morgan fingerprint density at radius 3 is 2.86 bits per heavy atom. The van der Waals surface area contributed by atoms with Crippen LogP contribution in [-0.4, -0.2) is 22.9 Å². The van der Waals surface area contributed by atoms with Gasteiger partial charge in [-0.1, -0.05) is 6.07 Å². The van der Waals surface area contributed by atoms with Crippen molar-refractivity contribution in [1.29, 1.82) is 0 Å². The van der Waals surface area contributed by atoms with E-state index in [1.165, 1.54) is 6.07 Å². The molecule has 7 heteroatoms. The zero-order valence-electron chi connectivity index (χ0n) is 11.3. The standard InChI is InChI=1S/C14H15N3O4/c18-13(15-7-10-6-14(19)17-16-10)4-2-9-1-3-11-12(5-9)21-8-20-11/h1,3,5-6H,2,4,7-8H2,(H,15,18)(H2,16,17,19). The van der Waals surface area contributed by atoms with Crippen molar-refractivity contribution < 1.29 is 14.3 Å². The molecule has 1 aliphatic rings. The number of hydrogen-bond acceptors (Lipinski definition) is 4. The Bertz CT molecular complexity index is 704. The molecule has 2 aromatic rings. The van der Waals surface area contributed by atoms with Gasteiger partial charge in [-0.05, 0) is 24.1 Å². The van der Waals surface area contributed by atoms with Gasteiger partial charge in [0.25, 0.3) is 5.56 Å². The molecule has 0 saturated heterocycles. The molecule has 1 aromatic heterocycles. The Balaban J connectivity index is 1.48. The molecular weight excluding hydrogens is 274 g/mol. The van der Waals surface area contributed by atoms with E-state index < -0.39 is 0 Å². The molecule has 1 aliphatic heterocycles. The van der Waals surface area contributed by atoms with E-state index in [4.69, 9.17) is 9.47 Å². The SMILES string of the molecule is O=C(CCc1ccc2c(c1)OCO2)NCc1cc(=O)[nH][nH]1. The largest absolute Gasteiger partial charge is 0.454 e. The van der Waals surface area contributed by atoms with Crippen molar-refractivity contribution in [2.45, 2.75) is 19.4 Å². The molecule has 110 valence electrons. The molecule has 0 radical (unpaired) electrons. The first kappa shape index (κ1) is 13.3. The average molecular weight is 289 g/mol. The minimum atomic E-state index is -0.209. The lowest BCUT2D eigenvalue weighted by molar-refractivity contribution is -0.121. The first-order chi connectivity index (χ1) is 10.2. The van der Waals surface area contributed by atoms with Gasteiger partial charge in [-0.15, -0.1) is 0 Å². The third kappa shape index (κ3) is 3.25. The number of aryl methyl sites for hydroxylation is 1. The number of carbonyl (C=O) groups excluding carboxylic acids is 1. The second-order valence-corrected chi connectivity index (χ2v) is 4.75. The van der Waals surface area contributed by atoms with E-state index in [0.717, 1.165) is 17.1 Å². The van der Waals surface area contributed by atoms with Crippen molar-refractivity contribution in [2.24, 2.45) is 0 Å². The smallest absolute Gasteiger partial charge is 0.264 e. The number of benzene rings is 1. The zero-order chi connectivity index (χ0) is 14.7. The van der Waals surface area contributed by atoms with E-state index in [1.54, 1.807) is 0 Å². The number of rotatable bonds is 5. The fraction of sp³-hybridized carbons (Fsp3) is 0.286. The molecule has 2 heterocycles. The van der Waals surface area contributed by atoms with Crippen LogP contribution in [0.2, 0.25) is 0 Å². The van der Waals surface area contributed by atoms with Crippen molar-refractivity contribution in [3.05, 3.63) is 45.9 Å². The summed E-state index contributed by atoms with van der Waals surface area (Å²) in [6.07, 6.45) is 0.987. The summed E-state index contributed by atoms with van der Waals surface area (Å²) in [5.41, 5.74) is 1.46. The van der Waals surface area contributed by atoms with E-state index in [-0.39, 0.29) is 18.3 Å². The molecule has 21 heavy (non-hydrogen) atoms. The van der Waals surface area contributed by atoms with Crippen LogP contribution in [0.25, 0.3) is 0 Å². The summed E-state index contributed by atoms with van der Waals surface area (Å²) in [6.45, 7) is 0.548. The van der Waals surface area contributed by atoms with Crippen molar-refractivity contribution in [2.75, 3.05) is 6.79 Å². The highest BCUT2D eigenvalue weighted by molar-refractivity contribution is 5.76. The van der Waals surface area contributed by atoms with Crippen LogP contribution in [-0.2, 0) is 17.8 Å². The fourth-order valence-corrected chi connectivity index (χ4v) is 2.10. The van der Waals surface area contributed by atoms with E-state index >= 15 is 0 Å². The maximum Gasteiger partial charge on any atom is 0.264 e. The fourth-order valence-electron chi connectivity index (χ4n) is 2.10. The third-order valence-electron chi connectivity index (χ3n) is 3.21. The van der Waals surface area contributed by atoms with E-state index in [1.807, 2.05) is 18.2 Å². The lowest BCUT2D eigenvalue weighted by Gasteiger charge is -2.05. The maximum absolute atomic E-state index is 11.8. The highest BCUT2D eigenvalue weighted by Crippen LogP contribution is 2.32. The number of fused-ring (bicyclic) bond motifs is 1. The van der Waals surface area contributed by atoms with Gasteiger partial charge in [0.1, 0.15) is 0 Å². The van der Waals surface area contributed by atoms with E-state index in [9.17, 15) is 9.59 Å². The number of ether oxygens (including phenoxy) is 2. The van der Waals surface area contributed by atoms with Crippen LogP contribution in [0.3, 0.4) is 0 Å². The normalized spacial score (nSPS) is 12.4. The number of hydrogen-bond donors (Lipinski definition) is 3. The van der Waals surface area contributed by atoms with Gasteiger partial charge >= 0.3 is 0 Å². The average Bonchev–Trinajstić information content (AvgIpc) is 3.10. The van der Waals surface area contributed by atoms with Crippen molar-refractivity contribution in [3.8, 4) is 11.5 Å². The second-order valence-electron chi connectivity index (χ2n) is 4.75. The Morgan fingerprint density at radius 2 is 2.05 bits per heavy atom. The van der Waals surface area contributed by atoms with Gasteiger partial charge in [0, 0.05) is 12.5 Å². The summed E-state index contributed by atoms with van der Waals surface area (Å²) in [6, 6.07) is 7.07. The Morgan fingerprint density at radius 1 is 1.19 bits per heavy atom. The summed E-state index contributed by atoms with van der Waals surface area (Å²) in [5.74, 6) is 1.38. The molecule has 0 atom stereocenters. The molecule has 7 nitrogen and oxygen atoms in total.